The van der Waals surface area contributed by atoms with Crippen molar-refractivity contribution < 1.29 is 4.79 Å². The van der Waals surface area contributed by atoms with E-state index in [1.54, 1.807) is 0 Å². The highest BCUT2D eigenvalue weighted by Gasteiger charge is 2.15. The molecule has 0 aliphatic heterocycles. The van der Waals surface area contributed by atoms with Crippen molar-refractivity contribution in [3.05, 3.63) is 23.8 Å². The van der Waals surface area contributed by atoms with Crippen LogP contribution in [0.2, 0.25) is 0 Å². The molecule has 0 aromatic heterocycles. The Bertz CT molecular complexity index is 439. The third kappa shape index (κ3) is 6.17. The van der Waals surface area contributed by atoms with Crippen molar-refractivity contribution in [2.75, 3.05) is 30.7 Å². The molecule has 4 heteroatoms. The molecule has 0 spiro atoms. The van der Waals surface area contributed by atoms with E-state index in [0.717, 1.165) is 24.3 Å². The van der Waals surface area contributed by atoms with Crippen LogP contribution >= 0.6 is 0 Å². The number of para-hydroxylation sites is 1. The second kappa shape index (κ2) is 8.03. The molecule has 21 heavy (non-hydrogen) atoms. The van der Waals surface area contributed by atoms with Gasteiger partial charge in [0.05, 0.1) is 17.9 Å². The minimum atomic E-state index is -0.00250. The summed E-state index contributed by atoms with van der Waals surface area (Å²) >= 11 is 0. The summed E-state index contributed by atoms with van der Waals surface area (Å²) in [5, 5.41) is 2.95. The van der Waals surface area contributed by atoms with E-state index in [4.69, 9.17) is 5.73 Å². The lowest BCUT2D eigenvalue weighted by Crippen LogP contribution is -2.38. The fourth-order valence-corrected chi connectivity index (χ4v) is 2.48. The Morgan fingerprint density at radius 2 is 1.76 bits per heavy atom. The summed E-state index contributed by atoms with van der Waals surface area (Å²) in [5.41, 5.74) is 8.27. The zero-order valence-corrected chi connectivity index (χ0v) is 13.9. The number of carbonyl (C=O) groups excluding carboxylic acids is 1. The molecular weight excluding hydrogens is 262 g/mol. The molecule has 0 atom stereocenters. The number of nitrogens with two attached hydrogens (primary N) is 1. The number of aryl methyl sites for hydroxylation is 1. The second-order valence-corrected chi connectivity index (χ2v) is 6.57. The molecule has 4 nitrogen and oxygen atoms in total. The number of anilines is 2. The average molecular weight is 291 g/mol. The van der Waals surface area contributed by atoms with Crippen molar-refractivity contribution >= 4 is 17.3 Å². The Labute approximate surface area is 128 Å². The van der Waals surface area contributed by atoms with Gasteiger partial charge in [-0.1, -0.05) is 39.8 Å². The van der Waals surface area contributed by atoms with E-state index in [1.807, 2.05) is 25.1 Å². The van der Waals surface area contributed by atoms with Gasteiger partial charge in [0, 0.05) is 13.1 Å². The maximum atomic E-state index is 12.3. The van der Waals surface area contributed by atoms with Crippen LogP contribution in [0.1, 0.15) is 33.3 Å². The van der Waals surface area contributed by atoms with Crippen molar-refractivity contribution in [3.8, 4) is 0 Å². The molecule has 0 aliphatic carbocycles. The van der Waals surface area contributed by atoms with E-state index in [9.17, 15) is 4.79 Å². The molecule has 3 N–H and O–H groups in total. The number of benzene rings is 1. The highest BCUT2D eigenvalue weighted by molar-refractivity contribution is 5.96. The monoisotopic (exact) mass is 291 g/mol. The van der Waals surface area contributed by atoms with Crippen LogP contribution in [-0.2, 0) is 4.79 Å². The van der Waals surface area contributed by atoms with Gasteiger partial charge >= 0.3 is 0 Å². The van der Waals surface area contributed by atoms with E-state index in [2.05, 4.69) is 37.9 Å². The Hall–Kier alpha value is -1.55. The quantitative estimate of drug-likeness (QED) is 0.759. The predicted molar refractivity (Wildman–Crippen MR) is 90.3 cm³/mol. The molecule has 1 aromatic carbocycles. The summed E-state index contributed by atoms with van der Waals surface area (Å²) in [4.78, 5) is 14.5. The Kier molecular flexibility index (Phi) is 6.69. The first-order chi connectivity index (χ1) is 9.79. The first-order valence-corrected chi connectivity index (χ1v) is 7.66. The van der Waals surface area contributed by atoms with Gasteiger partial charge in [-0.05, 0) is 30.4 Å². The van der Waals surface area contributed by atoms with Crippen molar-refractivity contribution in [2.45, 2.75) is 34.6 Å². The van der Waals surface area contributed by atoms with Gasteiger partial charge in [-0.2, -0.15) is 0 Å². The SMILES string of the molecule is Cc1cccc(N)c1NC(=O)CN(CC(C)C)CC(C)C. The average Bonchev–Trinajstić information content (AvgIpc) is 2.32. The smallest absolute Gasteiger partial charge is 0.238 e. The van der Waals surface area contributed by atoms with Crippen molar-refractivity contribution in [1.29, 1.82) is 0 Å². The highest BCUT2D eigenvalue weighted by Crippen LogP contribution is 2.22. The number of rotatable bonds is 7. The summed E-state index contributed by atoms with van der Waals surface area (Å²) in [6, 6.07) is 5.65. The molecule has 0 aliphatic rings. The fraction of sp³-hybridized carbons (Fsp3) is 0.588. The number of hydrogen-bond acceptors (Lipinski definition) is 3. The fourth-order valence-electron chi connectivity index (χ4n) is 2.48. The lowest BCUT2D eigenvalue weighted by molar-refractivity contribution is -0.117. The molecule has 0 saturated carbocycles. The van der Waals surface area contributed by atoms with Gasteiger partial charge in [-0.15, -0.1) is 0 Å². The first-order valence-electron chi connectivity index (χ1n) is 7.66. The Morgan fingerprint density at radius 1 is 1.19 bits per heavy atom. The van der Waals surface area contributed by atoms with E-state index in [1.165, 1.54) is 0 Å². The molecule has 1 amide bonds. The van der Waals surface area contributed by atoms with Gasteiger partial charge in [0.15, 0.2) is 0 Å². The molecule has 0 unspecified atom stereocenters. The Balaban J connectivity index is 2.69. The van der Waals surface area contributed by atoms with Crippen LogP contribution in [0.5, 0.6) is 0 Å². The molecule has 1 aromatic rings. The number of nitrogens with zero attached hydrogens (tertiary/aromatic N) is 1. The minimum absolute atomic E-state index is 0.00250. The first kappa shape index (κ1) is 17.5. The van der Waals surface area contributed by atoms with E-state index < -0.39 is 0 Å². The normalized spacial score (nSPS) is 11.4. The highest BCUT2D eigenvalue weighted by atomic mass is 16.2. The van der Waals surface area contributed by atoms with Crippen LogP contribution in [0, 0.1) is 18.8 Å². The van der Waals surface area contributed by atoms with Crippen molar-refractivity contribution in [3.63, 3.8) is 0 Å². The zero-order valence-electron chi connectivity index (χ0n) is 13.9. The standard InChI is InChI=1S/C17H29N3O/c1-12(2)9-20(10-13(3)4)11-16(21)19-17-14(5)7-6-8-15(17)18/h6-8,12-13H,9-11,18H2,1-5H3,(H,19,21). The number of hydrogen-bond donors (Lipinski definition) is 2. The van der Waals surface area contributed by atoms with Gasteiger partial charge in [0.1, 0.15) is 0 Å². The molecule has 0 fully saturated rings. The molecule has 0 bridgehead atoms. The number of nitrogens with one attached hydrogen (secondary N) is 1. The third-order valence-corrected chi connectivity index (χ3v) is 3.18. The topological polar surface area (TPSA) is 58.4 Å². The predicted octanol–water partition coefficient (Wildman–Crippen LogP) is 3.13. The summed E-state index contributed by atoms with van der Waals surface area (Å²) in [6.45, 7) is 12.9. The lowest BCUT2D eigenvalue weighted by Gasteiger charge is -2.25. The van der Waals surface area contributed by atoms with Crippen LogP contribution in [-0.4, -0.2) is 30.4 Å². The number of nitrogen functional groups attached to an aromatic ring is 1. The van der Waals surface area contributed by atoms with Crippen LogP contribution in [0.15, 0.2) is 18.2 Å². The van der Waals surface area contributed by atoms with Gasteiger partial charge in [0.2, 0.25) is 5.91 Å². The summed E-state index contributed by atoms with van der Waals surface area (Å²) in [5.74, 6) is 1.08. The van der Waals surface area contributed by atoms with Gasteiger partial charge in [0.25, 0.3) is 0 Å². The van der Waals surface area contributed by atoms with Crippen LogP contribution in [0.4, 0.5) is 11.4 Å². The zero-order chi connectivity index (χ0) is 16.0. The number of amides is 1. The molecule has 118 valence electrons. The van der Waals surface area contributed by atoms with Gasteiger partial charge in [-0.3, -0.25) is 9.69 Å². The van der Waals surface area contributed by atoms with E-state index >= 15 is 0 Å². The van der Waals surface area contributed by atoms with Crippen molar-refractivity contribution in [1.82, 2.24) is 4.90 Å². The summed E-state index contributed by atoms with van der Waals surface area (Å²) < 4.78 is 0. The van der Waals surface area contributed by atoms with Gasteiger partial charge in [-0.25, -0.2) is 0 Å². The van der Waals surface area contributed by atoms with Crippen LogP contribution < -0.4 is 11.1 Å². The molecule has 0 heterocycles. The maximum absolute atomic E-state index is 12.3. The molecular formula is C17H29N3O. The van der Waals surface area contributed by atoms with Crippen LogP contribution in [0.25, 0.3) is 0 Å². The molecule has 0 radical (unpaired) electrons. The van der Waals surface area contributed by atoms with Crippen molar-refractivity contribution in [2.24, 2.45) is 11.8 Å². The summed E-state index contributed by atoms with van der Waals surface area (Å²) in [6.07, 6.45) is 0. The largest absolute Gasteiger partial charge is 0.397 e. The van der Waals surface area contributed by atoms with E-state index in [0.29, 0.717) is 24.1 Å². The van der Waals surface area contributed by atoms with Gasteiger partial charge < -0.3 is 11.1 Å². The van der Waals surface area contributed by atoms with Crippen LogP contribution in [0.3, 0.4) is 0 Å². The Morgan fingerprint density at radius 3 is 2.24 bits per heavy atom. The van der Waals surface area contributed by atoms with E-state index in [-0.39, 0.29) is 5.91 Å². The second-order valence-electron chi connectivity index (χ2n) is 6.57. The molecule has 0 saturated heterocycles. The maximum Gasteiger partial charge on any atom is 0.238 e. The number of carbonyl (C=O) groups is 1. The lowest BCUT2D eigenvalue weighted by atomic mass is 10.1. The molecule has 1 rings (SSSR count). The minimum Gasteiger partial charge on any atom is -0.397 e. The summed E-state index contributed by atoms with van der Waals surface area (Å²) in [7, 11) is 0. The third-order valence-electron chi connectivity index (χ3n) is 3.18.